The summed E-state index contributed by atoms with van der Waals surface area (Å²) in [6.07, 6.45) is 3.40. The quantitative estimate of drug-likeness (QED) is 0.391. The lowest BCUT2D eigenvalue weighted by atomic mass is 10.1. The van der Waals surface area contributed by atoms with E-state index in [1.165, 1.54) is 0 Å². The van der Waals surface area contributed by atoms with E-state index in [4.69, 9.17) is 21.1 Å². The van der Waals surface area contributed by atoms with E-state index in [1.54, 1.807) is 26.5 Å². The molecule has 1 heterocycles. The van der Waals surface area contributed by atoms with Crippen molar-refractivity contribution >= 4 is 17.6 Å². The largest absolute Gasteiger partial charge is 0.497 e. The first-order valence-electron chi connectivity index (χ1n) is 8.99. The monoisotopic (exact) mass is 390 g/mol. The number of hydrogen-bond donors (Lipinski definition) is 2. The molecule has 27 heavy (non-hydrogen) atoms. The van der Waals surface area contributed by atoms with Crippen LogP contribution in [0.15, 0.2) is 41.5 Å². The van der Waals surface area contributed by atoms with Gasteiger partial charge >= 0.3 is 0 Å². The molecule has 2 aromatic rings. The predicted molar refractivity (Wildman–Crippen MR) is 110 cm³/mol. The molecule has 0 fully saturated rings. The van der Waals surface area contributed by atoms with Gasteiger partial charge in [0.1, 0.15) is 16.7 Å². The first kappa shape index (κ1) is 20.8. The standard InChI is InChI=1S/C20H27ClN4O2/c1-4-22-20(23-11-9-15-5-8-19(21)25-14-15)24-12-10-16-13-17(26-2)6-7-18(16)27-3/h5-8,13-14H,4,9-12H2,1-3H3,(H2,22,23,24). The lowest BCUT2D eigenvalue weighted by Gasteiger charge is -2.12. The first-order valence-corrected chi connectivity index (χ1v) is 9.37. The number of halogens is 1. The average molecular weight is 391 g/mol. The summed E-state index contributed by atoms with van der Waals surface area (Å²) < 4.78 is 10.7. The smallest absolute Gasteiger partial charge is 0.191 e. The lowest BCUT2D eigenvalue weighted by molar-refractivity contribution is 0.399. The van der Waals surface area contributed by atoms with Crippen LogP contribution in [0.2, 0.25) is 5.15 Å². The lowest BCUT2D eigenvalue weighted by Crippen LogP contribution is -2.38. The van der Waals surface area contributed by atoms with Crippen molar-refractivity contribution < 1.29 is 9.47 Å². The molecule has 0 amide bonds. The molecule has 0 aliphatic heterocycles. The molecule has 1 aromatic heterocycles. The minimum Gasteiger partial charge on any atom is -0.497 e. The summed E-state index contributed by atoms with van der Waals surface area (Å²) in [5, 5.41) is 7.11. The second-order valence-corrected chi connectivity index (χ2v) is 6.24. The third kappa shape index (κ3) is 6.98. The average Bonchev–Trinajstić information content (AvgIpc) is 2.69. The van der Waals surface area contributed by atoms with Crippen LogP contribution in [-0.2, 0) is 12.8 Å². The number of nitrogens with zero attached hydrogens (tertiary/aromatic N) is 2. The van der Waals surface area contributed by atoms with Crippen LogP contribution in [0.1, 0.15) is 18.1 Å². The van der Waals surface area contributed by atoms with E-state index in [1.807, 2.05) is 31.2 Å². The number of nitrogens with one attached hydrogen (secondary N) is 2. The Hall–Kier alpha value is -2.47. The third-order valence-corrected chi connectivity index (χ3v) is 4.20. The van der Waals surface area contributed by atoms with Gasteiger partial charge in [0.15, 0.2) is 5.96 Å². The second-order valence-electron chi connectivity index (χ2n) is 5.85. The predicted octanol–water partition coefficient (Wildman–Crippen LogP) is 3.09. The maximum Gasteiger partial charge on any atom is 0.191 e. The highest BCUT2D eigenvalue weighted by Gasteiger charge is 2.05. The molecule has 7 heteroatoms. The summed E-state index contributed by atoms with van der Waals surface area (Å²) in [5.41, 5.74) is 2.20. The van der Waals surface area contributed by atoms with Crippen LogP contribution in [-0.4, -0.2) is 44.8 Å². The van der Waals surface area contributed by atoms with Crippen LogP contribution in [0.4, 0.5) is 0 Å². The second kappa shape index (κ2) is 11.3. The Labute approximate surface area is 166 Å². The van der Waals surface area contributed by atoms with Gasteiger partial charge in [0.2, 0.25) is 0 Å². The highest BCUT2D eigenvalue weighted by Crippen LogP contribution is 2.24. The van der Waals surface area contributed by atoms with Gasteiger partial charge in [0.25, 0.3) is 0 Å². The Morgan fingerprint density at radius 1 is 1.11 bits per heavy atom. The van der Waals surface area contributed by atoms with Crippen molar-refractivity contribution in [2.24, 2.45) is 4.99 Å². The Morgan fingerprint density at radius 3 is 2.63 bits per heavy atom. The maximum atomic E-state index is 5.81. The molecule has 2 rings (SSSR count). The molecular formula is C20H27ClN4O2. The molecule has 0 unspecified atom stereocenters. The topological polar surface area (TPSA) is 67.8 Å². The number of guanidine groups is 1. The molecule has 0 saturated carbocycles. The van der Waals surface area contributed by atoms with Crippen LogP contribution in [0, 0.1) is 0 Å². The number of pyridine rings is 1. The summed E-state index contributed by atoms with van der Waals surface area (Å²) in [6.45, 7) is 4.25. The van der Waals surface area contributed by atoms with Gasteiger partial charge in [-0.15, -0.1) is 0 Å². The number of rotatable bonds is 9. The summed E-state index contributed by atoms with van der Waals surface area (Å²) in [4.78, 5) is 8.74. The van der Waals surface area contributed by atoms with Crippen LogP contribution in [0.3, 0.4) is 0 Å². The third-order valence-electron chi connectivity index (χ3n) is 3.98. The number of ether oxygens (including phenoxy) is 2. The van der Waals surface area contributed by atoms with Crippen molar-refractivity contribution in [3.63, 3.8) is 0 Å². The van der Waals surface area contributed by atoms with Gasteiger partial charge < -0.3 is 20.1 Å². The van der Waals surface area contributed by atoms with Crippen molar-refractivity contribution in [2.75, 3.05) is 33.9 Å². The van der Waals surface area contributed by atoms with Crippen molar-refractivity contribution in [1.29, 1.82) is 0 Å². The number of benzene rings is 1. The van der Waals surface area contributed by atoms with Crippen molar-refractivity contribution in [3.05, 3.63) is 52.8 Å². The molecule has 0 radical (unpaired) electrons. The van der Waals surface area contributed by atoms with Gasteiger partial charge in [-0.3, -0.25) is 4.99 Å². The van der Waals surface area contributed by atoms with Crippen LogP contribution >= 0.6 is 11.6 Å². The molecule has 2 N–H and O–H groups in total. The normalized spacial score (nSPS) is 11.2. The molecule has 146 valence electrons. The minimum absolute atomic E-state index is 0.509. The van der Waals surface area contributed by atoms with E-state index < -0.39 is 0 Å². The van der Waals surface area contributed by atoms with E-state index in [0.717, 1.165) is 54.5 Å². The molecule has 0 aliphatic rings. The summed E-state index contributed by atoms with van der Waals surface area (Å²) in [6, 6.07) is 9.58. The Morgan fingerprint density at radius 2 is 1.96 bits per heavy atom. The maximum absolute atomic E-state index is 5.81. The van der Waals surface area contributed by atoms with E-state index >= 15 is 0 Å². The van der Waals surface area contributed by atoms with E-state index in [2.05, 4.69) is 20.6 Å². The van der Waals surface area contributed by atoms with Gasteiger partial charge in [-0.1, -0.05) is 17.7 Å². The Bertz CT molecular complexity index is 735. The molecule has 1 aromatic carbocycles. The van der Waals surface area contributed by atoms with Gasteiger partial charge in [-0.25, -0.2) is 4.98 Å². The fourth-order valence-electron chi connectivity index (χ4n) is 2.59. The number of aromatic nitrogens is 1. The van der Waals surface area contributed by atoms with Gasteiger partial charge in [0.05, 0.1) is 14.2 Å². The number of hydrogen-bond acceptors (Lipinski definition) is 4. The number of methoxy groups -OCH3 is 2. The molecule has 6 nitrogen and oxygen atoms in total. The van der Waals surface area contributed by atoms with E-state index in [-0.39, 0.29) is 0 Å². The molecule has 0 bridgehead atoms. The SMILES string of the molecule is CCNC(=NCCc1cc(OC)ccc1OC)NCCc1ccc(Cl)nc1. The fraction of sp³-hybridized carbons (Fsp3) is 0.400. The van der Waals surface area contributed by atoms with Crippen LogP contribution < -0.4 is 20.1 Å². The zero-order valence-corrected chi connectivity index (χ0v) is 16.8. The molecule has 0 spiro atoms. The highest BCUT2D eigenvalue weighted by atomic mass is 35.5. The van der Waals surface area contributed by atoms with Gasteiger partial charge in [-0.2, -0.15) is 0 Å². The van der Waals surface area contributed by atoms with Gasteiger partial charge in [0, 0.05) is 25.8 Å². The minimum atomic E-state index is 0.509. The molecular weight excluding hydrogens is 364 g/mol. The van der Waals surface area contributed by atoms with Crippen LogP contribution in [0.25, 0.3) is 0 Å². The van der Waals surface area contributed by atoms with Crippen molar-refractivity contribution in [2.45, 2.75) is 19.8 Å². The molecule has 0 atom stereocenters. The summed E-state index contributed by atoms with van der Waals surface area (Å²) >= 11 is 5.81. The number of aliphatic imine (C=N–C) groups is 1. The fourth-order valence-corrected chi connectivity index (χ4v) is 2.70. The van der Waals surface area contributed by atoms with Crippen molar-refractivity contribution in [3.8, 4) is 11.5 Å². The van der Waals surface area contributed by atoms with Crippen LogP contribution in [0.5, 0.6) is 11.5 Å². The molecule has 0 saturated heterocycles. The molecule has 0 aliphatic carbocycles. The van der Waals surface area contributed by atoms with E-state index in [0.29, 0.717) is 11.7 Å². The van der Waals surface area contributed by atoms with Crippen molar-refractivity contribution in [1.82, 2.24) is 15.6 Å². The Kier molecular flexibility index (Phi) is 8.71. The summed E-state index contributed by atoms with van der Waals surface area (Å²) in [5.74, 6) is 2.46. The highest BCUT2D eigenvalue weighted by molar-refractivity contribution is 6.29. The Balaban J connectivity index is 1.90. The first-order chi connectivity index (χ1) is 13.2. The summed E-state index contributed by atoms with van der Waals surface area (Å²) in [7, 11) is 3.33. The zero-order valence-electron chi connectivity index (χ0n) is 16.1. The van der Waals surface area contributed by atoms with Gasteiger partial charge in [-0.05, 0) is 55.2 Å². The van der Waals surface area contributed by atoms with E-state index in [9.17, 15) is 0 Å². The zero-order chi connectivity index (χ0) is 19.5.